The summed E-state index contributed by atoms with van der Waals surface area (Å²) in [7, 11) is 1.64. The second kappa shape index (κ2) is 7.79. The molecule has 0 radical (unpaired) electrons. The molecule has 25 heavy (non-hydrogen) atoms. The Morgan fingerprint density at radius 3 is 2.76 bits per heavy atom. The number of nitrogens with one attached hydrogen (secondary N) is 2. The zero-order chi connectivity index (χ0) is 17.5. The lowest BCUT2D eigenvalue weighted by atomic mass is 10.1. The maximum absolute atomic E-state index is 9.48. The van der Waals surface area contributed by atoms with E-state index in [2.05, 4.69) is 26.7 Å². The van der Waals surface area contributed by atoms with Gasteiger partial charge in [0.05, 0.1) is 25.0 Å². The minimum atomic E-state index is 0.468. The van der Waals surface area contributed by atoms with Crippen LogP contribution in [0.15, 0.2) is 71.6 Å². The largest absolute Gasteiger partial charge is 0.497 e. The normalized spacial score (nSPS) is 16.6. The number of hydrogen-bond donors (Lipinski definition) is 2. The number of aliphatic imine (C=N–C) groups is 1. The van der Waals surface area contributed by atoms with Crippen LogP contribution in [0, 0.1) is 11.3 Å². The number of guanidine groups is 1. The van der Waals surface area contributed by atoms with Gasteiger partial charge in [-0.25, -0.2) is 4.99 Å². The van der Waals surface area contributed by atoms with Crippen LogP contribution in [0.25, 0.3) is 5.57 Å². The van der Waals surface area contributed by atoms with Crippen LogP contribution in [0.4, 0.5) is 0 Å². The smallest absolute Gasteiger partial charge is 0.200 e. The molecule has 2 heterocycles. The summed E-state index contributed by atoms with van der Waals surface area (Å²) >= 11 is 0. The molecule has 1 aromatic heterocycles. The van der Waals surface area contributed by atoms with Gasteiger partial charge in [-0.15, -0.1) is 0 Å². The van der Waals surface area contributed by atoms with Gasteiger partial charge in [-0.3, -0.25) is 4.98 Å². The molecule has 1 aromatic carbocycles. The maximum Gasteiger partial charge on any atom is 0.200 e. The summed E-state index contributed by atoms with van der Waals surface area (Å²) < 4.78 is 5.15. The first-order chi connectivity index (χ1) is 12.3. The van der Waals surface area contributed by atoms with E-state index in [1.54, 1.807) is 31.6 Å². The van der Waals surface area contributed by atoms with Gasteiger partial charge in [0.2, 0.25) is 0 Å². The van der Waals surface area contributed by atoms with Crippen molar-refractivity contribution in [2.75, 3.05) is 7.11 Å². The van der Waals surface area contributed by atoms with Crippen molar-refractivity contribution in [2.45, 2.75) is 6.54 Å². The molecule has 3 rings (SSSR count). The Morgan fingerprint density at radius 1 is 1.24 bits per heavy atom. The summed E-state index contributed by atoms with van der Waals surface area (Å²) in [5.74, 6) is 1.39. The average Bonchev–Trinajstić information content (AvgIpc) is 2.68. The van der Waals surface area contributed by atoms with Crippen LogP contribution in [-0.2, 0) is 6.54 Å². The number of nitrogens with zero attached hydrogens (tertiary/aromatic N) is 3. The van der Waals surface area contributed by atoms with Crippen molar-refractivity contribution >= 4 is 11.5 Å². The highest BCUT2D eigenvalue weighted by Crippen LogP contribution is 2.16. The summed E-state index contributed by atoms with van der Waals surface area (Å²) in [4.78, 5) is 8.74. The SMILES string of the molecule is COc1ccc(CN=C2NC=CC(=C(C#N)c3ccccn3)N2)cc1. The fourth-order valence-electron chi connectivity index (χ4n) is 2.31. The van der Waals surface area contributed by atoms with Crippen molar-refractivity contribution in [1.82, 2.24) is 15.6 Å². The van der Waals surface area contributed by atoms with Gasteiger partial charge in [-0.05, 0) is 35.9 Å². The number of methoxy groups -OCH3 is 1. The second-order valence-corrected chi connectivity index (χ2v) is 5.23. The van der Waals surface area contributed by atoms with E-state index in [-0.39, 0.29) is 0 Å². The molecule has 0 saturated heterocycles. The first-order valence-electron chi connectivity index (χ1n) is 7.73. The molecule has 2 aromatic rings. The lowest BCUT2D eigenvalue weighted by Crippen LogP contribution is -2.37. The summed E-state index contributed by atoms with van der Waals surface area (Å²) in [6, 6.07) is 15.4. The number of allylic oxidation sites excluding steroid dienone is 2. The van der Waals surface area contributed by atoms with E-state index in [0.29, 0.717) is 29.5 Å². The van der Waals surface area contributed by atoms with Gasteiger partial charge in [-0.2, -0.15) is 5.26 Å². The minimum Gasteiger partial charge on any atom is -0.497 e. The Bertz CT molecular complexity index is 861. The molecular formula is C19H17N5O. The van der Waals surface area contributed by atoms with Crippen LogP contribution in [-0.4, -0.2) is 18.1 Å². The molecule has 1 aliphatic rings. The van der Waals surface area contributed by atoms with E-state index in [1.807, 2.05) is 36.4 Å². The Hall–Kier alpha value is -3.59. The average molecular weight is 331 g/mol. The van der Waals surface area contributed by atoms with Crippen molar-refractivity contribution < 1.29 is 4.74 Å². The number of benzene rings is 1. The molecule has 124 valence electrons. The number of nitriles is 1. The Balaban J connectivity index is 1.78. The molecule has 6 heteroatoms. The molecule has 0 unspecified atom stereocenters. The predicted octanol–water partition coefficient (Wildman–Crippen LogP) is 2.59. The van der Waals surface area contributed by atoms with Gasteiger partial charge in [0.1, 0.15) is 17.4 Å². The molecule has 2 N–H and O–H groups in total. The van der Waals surface area contributed by atoms with Crippen molar-refractivity contribution in [3.05, 3.63) is 77.9 Å². The molecular weight excluding hydrogens is 314 g/mol. The molecule has 0 bridgehead atoms. The first kappa shape index (κ1) is 16.3. The summed E-state index contributed by atoms with van der Waals surface area (Å²) in [5.41, 5.74) is 2.81. The topological polar surface area (TPSA) is 82.3 Å². The van der Waals surface area contributed by atoms with E-state index in [1.165, 1.54) is 0 Å². The molecule has 1 aliphatic heterocycles. The van der Waals surface area contributed by atoms with Crippen LogP contribution in [0.3, 0.4) is 0 Å². The maximum atomic E-state index is 9.48. The standard InChI is InChI=1S/C19H17N5O/c1-25-15-7-5-14(6-8-15)13-23-19-22-11-9-18(24-19)16(12-20)17-4-2-3-10-21-17/h2-11H,13H2,1H3,(H2,22,23,24). The van der Waals surface area contributed by atoms with Gasteiger partial charge < -0.3 is 15.4 Å². The Morgan fingerprint density at radius 2 is 2.08 bits per heavy atom. The zero-order valence-electron chi connectivity index (χ0n) is 13.7. The Kier molecular flexibility index (Phi) is 5.07. The fraction of sp³-hybridized carbons (Fsp3) is 0.105. The van der Waals surface area contributed by atoms with E-state index in [9.17, 15) is 5.26 Å². The lowest BCUT2D eigenvalue weighted by Gasteiger charge is -2.17. The Labute approximate surface area is 146 Å². The highest BCUT2D eigenvalue weighted by atomic mass is 16.5. The quantitative estimate of drug-likeness (QED) is 0.842. The number of rotatable bonds is 4. The summed E-state index contributed by atoms with van der Waals surface area (Å²) in [6.45, 7) is 0.506. The monoisotopic (exact) mass is 331 g/mol. The van der Waals surface area contributed by atoms with Crippen molar-refractivity contribution in [1.29, 1.82) is 5.26 Å². The van der Waals surface area contributed by atoms with Crippen molar-refractivity contribution in [2.24, 2.45) is 4.99 Å². The van der Waals surface area contributed by atoms with Gasteiger partial charge in [0.15, 0.2) is 5.96 Å². The van der Waals surface area contributed by atoms with Gasteiger partial charge in [-0.1, -0.05) is 18.2 Å². The van der Waals surface area contributed by atoms with Crippen molar-refractivity contribution in [3.63, 3.8) is 0 Å². The van der Waals surface area contributed by atoms with Crippen LogP contribution in [0.5, 0.6) is 5.75 Å². The number of pyridine rings is 1. The number of ether oxygens (including phenoxy) is 1. The predicted molar refractivity (Wildman–Crippen MR) is 96.3 cm³/mol. The zero-order valence-corrected chi connectivity index (χ0v) is 13.7. The highest BCUT2D eigenvalue weighted by molar-refractivity contribution is 5.89. The molecule has 0 aliphatic carbocycles. The number of aromatic nitrogens is 1. The van der Waals surface area contributed by atoms with E-state index in [0.717, 1.165) is 11.3 Å². The minimum absolute atomic E-state index is 0.468. The van der Waals surface area contributed by atoms with Crippen molar-refractivity contribution in [3.8, 4) is 11.8 Å². The molecule has 6 nitrogen and oxygen atoms in total. The third-order valence-corrected chi connectivity index (χ3v) is 3.60. The third-order valence-electron chi connectivity index (χ3n) is 3.60. The molecule has 0 fully saturated rings. The third kappa shape index (κ3) is 4.03. The second-order valence-electron chi connectivity index (χ2n) is 5.23. The first-order valence-corrected chi connectivity index (χ1v) is 7.73. The number of hydrogen-bond acceptors (Lipinski definition) is 4. The summed E-state index contributed by atoms with van der Waals surface area (Å²) in [6.07, 6.45) is 5.20. The molecule has 0 amide bonds. The van der Waals surface area contributed by atoms with E-state index < -0.39 is 0 Å². The van der Waals surface area contributed by atoms with Gasteiger partial charge in [0.25, 0.3) is 0 Å². The molecule has 0 saturated carbocycles. The van der Waals surface area contributed by atoms with E-state index >= 15 is 0 Å². The van der Waals surface area contributed by atoms with E-state index in [4.69, 9.17) is 4.74 Å². The van der Waals surface area contributed by atoms with Crippen LogP contribution in [0.2, 0.25) is 0 Å². The van der Waals surface area contributed by atoms with Gasteiger partial charge >= 0.3 is 0 Å². The van der Waals surface area contributed by atoms with Crippen LogP contribution >= 0.6 is 0 Å². The van der Waals surface area contributed by atoms with Crippen LogP contribution < -0.4 is 15.4 Å². The fourth-order valence-corrected chi connectivity index (χ4v) is 2.31. The molecule has 0 atom stereocenters. The van der Waals surface area contributed by atoms with Gasteiger partial charge in [0, 0.05) is 12.4 Å². The highest BCUT2D eigenvalue weighted by Gasteiger charge is 2.12. The molecule has 0 spiro atoms. The summed E-state index contributed by atoms with van der Waals surface area (Å²) in [5, 5.41) is 15.7. The lowest BCUT2D eigenvalue weighted by molar-refractivity contribution is 0.414. The van der Waals surface area contributed by atoms with Crippen LogP contribution in [0.1, 0.15) is 11.3 Å².